The average Bonchev–Trinajstić information content (AvgIpc) is 2.99. The van der Waals surface area contributed by atoms with Crippen LogP contribution in [0.4, 0.5) is 5.95 Å². The van der Waals surface area contributed by atoms with Gasteiger partial charge in [-0.05, 0) is 26.3 Å². The Labute approximate surface area is 158 Å². The molecule has 1 amide bonds. The number of amides is 1. The number of aromatic nitrogens is 2. The van der Waals surface area contributed by atoms with Gasteiger partial charge >= 0.3 is 0 Å². The molecule has 1 aromatic carbocycles. The summed E-state index contributed by atoms with van der Waals surface area (Å²) >= 11 is 0. The number of nitrogens with two attached hydrogens (primary N) is 1. The number of hydrogen-bond donors (Lipinski definition) is 3. The lowest BCUT2D eigenvalue weighted by Gasteiger charge is -2.33. The zero-order chi connectivity index (χ0) is 19.8. The fourth-order valence-corrected chi connectivity index (χ4v) is 3.62. The quantitative estimate of drug-likeness (QED) is 0.740. The second kappa shape index (κ2) is 7.25. The van der Waals surface area contributed by atoms with Gasteiger partial charge in [0.15, 0.2) is 0 Å². The Balaban J connectivity index is 2.06. The van der Waals surface area contributed by atoms with Crippen LogP contribution in [0.2, 0.25) is 0 Å². The number of nitrogens with zero attached hydrogens (tertiary/aromatic N) is 3. The standard InChI is InChI=1S/C20H26N4O3/c1-4-20(10-25,11-26)18(27)24-9-15-16(13(24)3)22-19(21)23-17(15)14-7-5-6-12(2)8-14/h5-8,13,25-26H,4,9-11H2,1-3H3,(H2,21,22,23)/t13-/m0/s1. The topological polar surface area (TPSA) is 113 Å². The number of hydrogen-bond acceptors (Lipinski definition) is 6. The van der Waals surface area contributed by atoms with Gasteiger partial charge in [-0.15, -0.1) is 0 Å². The van der Waals surface area contributed by atoms with E-state index in [4.69, 9.17) is 5.73 Å². The maximum atomic E-state index is 13.2. The third-order valence-corrected chi connectivity index (χ3v) is 5.54. The van der Waals surface area contributed by atoms with E-state index in [0.29, 0.717) is 18.7 Å². The molecule has 7 nitrogen and oxygen atoms in total. The van der Waals surface area contributed by atoms with Gasteiger partial charge in [-0.2, -0.15) is 0 Å². The molecule has 0 saturated heterocycles. The van der Waals surface area contributed by atoms with Gasteiger partial charge in [-0.25, -0.2) is 9.97 Å². The molecule has 0 radical (unpaired) electrons. The van der Waals surface area contributed by atoms with Crippen LogP contribution in [0.15, 0.2) is 24.3 Å². The first-order valence-electron chi connectivity index (χ1n) is 9.13. The van der Waals surface area contributed by atoms with E-state index < -0.39 is 18.6 Å². The zero-order valence-electron chi connectivity index (χ0n) is 15.9. The second-order valence-corrected chi connectivity index (χ2v) is 7.22. The van der Waals surface area contributed by atoms with Gasteiger partial charge in [0.25, 0.3) is 0 Å². The highest BCUT2D eigenvalue weighted by Crippen LogP contribution is 2.40. The molecule has 0 unspecified atom stereocenters. The summed E-state index contributed by atoms with van der Waals surface area (Å²) in [5, 5.41) is 19.5. The van der Waals surface area contributed by atoms with Gasteiger partial charge in [-0.3, -0.25) is 4.79 Å². The Hall–Kier alpha value is -2.51. The molecule has 7 heteroatoms. The third-order valence-electron chi connectivity index (χ3n) is 5.54. The maximum Gasteiger partial charge on any atom is 0.234 e. The van der Waals surface area contributed by atoms with Crippen molar-refractivity contribution in [2.45, 2.75) is 39.8 Å². The van der Waals surface area contributed by atoms with Crippen molar-refractivity contribution in [1.29, 1.82) is 0 Å². The molecule has 144 valence electrons. The lowest BCUT2D eigenvalue weighted by Crippen LogP contribution is -2.47. The number of aryl methyl sites for hydroxylation is 1. The molecule has 0 spiro atoms. The Bertz CT molecular complexity index is 856. The van der Waals surface area contributed by atoms with E-state index >= 15 is 0 Å². The lowest BCUT2D eigenvalue weighted by molar-refractivity contribution is -0.150. The van der Waals surface area contributed by atoms with Crippen LogP contribution in [0.3, 0.4) is 0 Å². The summed E-state index contributed by atoms with van der Waals surface area (Å²) in [6.07, 6.45) is 0.344. The Morgan fingerprint density at radius 3 is 2.63 bits per heavy atom. The van der Waals surface area contributed by atoms with E-state index in [1.54, 1.807) is 11.8 Å². The van der Waals surface area contributed by atoms with E-state index in [9.17, 15) is 15.0 Å². The van der Waals surface area contributed by atoms with E-state index in [1.165, 1.54) is 0 Å². The van der Waals surface area contributed by atoms with Crippen molar-refractivity contribution < 1.29 is 15.0 Å². The number of carbonyl (C=O) groups excluding carboxylic acids is 1. The number of rotatable bonds is 5. The van der Waals surface area contributed by atoms with Gasteiger partial charge in [0.05, 0.1) is 42.6 Å². The van der Waals surface area contributed by atoms with E-state index in [0.717, 1.165) is 22.4 Å². The van der Waals surface area contributed by atoms with Crippen LogP contribution < -0.4 is 5.73 Å². The number of fused-ring (bicyclic) bond motifs is 1. The van der Waals surface area contributed by atoms with Crippen LogP contribution in [-0.2, 0) is 11.3 Å². The minimum atomic E-state index is -1.20. The normalized spacial score (nSPS) is 16.5. The molecule has 1 atom stereocenters. The fourth-order valence-electron chi connectivity index (χ4n) is 3.62. The first-order valence-corrected chi connectivity index (χ1v) is 9.13. The molecule has 2 aromatic rings. The van der Waals surface area contributed by atoms with E-state index in [2.05, 4.69) is 9.97 Å². The SMILES string of the molecule is CCC(CO)(CO)C(=O)N1Cc2c(-c3cccc(C)c3)nc(N)nc2[C@@H]1C. The monoisotopic (exact) mass is 370 g/mol. The molecule has 2 heterocycles. The molecule has 4 N–H and O–H groups in total. The second-order valence-electron chi connectivity index (χ2n) is 7.22. The van der Waals surface area contributed by atoms with Gasteiger partial charge in [0, 0.05) is 11.1 Å². The highest BCUT2D eigenvalue weighted by atomic mass is 16.3. The van der Waals surface area contributed by atoms with E-state index in [-0.39, 0.29) is 17.9 Å². The van der Waals surface area contributed by atoms with Crippen molar-refractivity contribution in [2.75, 3.05) is 18.9 Å². The predicted molar refractivity (Wildman–Crippen MR) is 102 cm³/mol. The van der Waals surface area contributed by atoms with Crippen LogP contribution in [-0.4, -0.2) is 44.2 Å². The third kappa shape index (κ3) is 3.17. The van der Waals surface area contributed by atoms with Gasteiger partial charge in [-0.1, -0.05) is 30.7 Å². The summed E-state index contributed by atoms with van der Waals surface area (Å²) < 4.78 is 0. The number of anilines is 1. The summed E-state index contributed by atoms with van der Waals surface area (Å²) in [7, 11) is 0. The minimum Gasteiger partial charge on any atom is -0.395 e. The molecule has 27 heavy (non-hydrogen) atoms. The van der Waals surface area contributed by atoms with Gasteiger partial charge in [0.2, 0.25) is 11.9 Å². The molecule has 0 aliphatic carbocycles. The van der Waals surface area contributed by atoms with Crippen LogP contribution >= 0.6 is 0 Å². The molecular formula is C20H26N4O3. The average molecular weight is 370 g/mol. The lowest BCUT2D eigenvalue weighted by atomic mass is 9.85. The van der Waals surface area contributed by atoms with Crippen LogP contribution in [0.5, 0.6) is 0 Å². The Morgan fingerprint density at radius 2 is 2.04 bits per heavy atom. The summed E-state index contributed by atoms with van der Waals surface area (Å²) in [6.45, 7) is 5.18. The van der Waals surface area contributed by atoms with Crippen molar-refractivity contribution in [3.05, 3.63) is 41.1 Å². The van der Waals surface area contributed by atoms with E-state index in [1.807, 2.05) is 38.1 Å². The molecule has 0 bridgehead atoms. The number of aliphatic hydroxyl groups is 2. The smallest absolute Gasteiger partial charge is 0.234 e. The molecule has 1 aromatic heterocycles. The van der Waals surface area contributed by atoms with Crippen LogP contribution in [0.25, 0.3) is 11.3 Å². The number of aliphatic hydroxyl groups excluding tert-OH is 2. The van der Waals surface area contributed by atoms with Crippen molar-refractivity contribution in [2.24, 2.45) is 5.41 Å². The van der Waals surface area contributed by atoms with Crippen LogP contribution in [0.1, 0.15) is 43.1 Å². The summed E-state index contributed by atoms with van der Waals surface area (Å²) in [5.41, 5.74) is 9.07. The molecule has 1 aliphatic rings. The van der Waals surface area contributed by atoms with Crippen molar-refractivity contribution in [3.63, 3.8) is 0 Å². The Morgan fingerprint density at radius 1 is 1.33 bits per heavy atom. The highest BCUT2D eigenvalue weighted by molar-refractivity contribution is 5.84. The largest absolute Gasteiger partial charge is 0.395 e. The molecule has 0 fully saturated rings. The zero-order valence-corrected chi connectivity index (χ0v) is 15.9. The van der Waals surface area contributed by atoms with Crippen molar-refractivity contribution in [3.8, 4) is 11.3 Å². The van der Waals surface area contributed by atoms with Gasteiger partial charge < -0.3 is 20.8 Å². The van der Waals surface area contributed by atoms with Crippen LogP contribution in [0, 0.1) is 12.3 Å². The Kier molecular flexibility index (Phi) is 5.17. The summed E-state index contributed by atoms with van der Waals surface area (Å²) in [5.74, 6) is -0.119. The maximum absolute atomic E-state index is 13.2. The summed E-state index contributed by atoms with van der Waals surface area (Å²) in [6, 6.07) is 7.63. The predicted octanol–water partition coefficient (Wildman–Crippen LogP) is 1.82. The highest BCUT2D eigenvalue weighted by Gasteiger charge is 2.44. The molecule has 0 saturated carbocycles. The first-order chi connectivity index (χ1) is 12.9. The first kappa shape index (κ1) is 19.3. The fraction of sp³-hybridized carbons (Fsp3) is 0.450. The minimum absolute atomic E-state index is 0.164. The van der Waals surface area contributed by atoms with Crippen molar-refractivity contribution in [1.82, 2.24) is 14.9 Å². The molecule has 3 rings (SSSR count). The number of benzene rings is 1. The molecule has 1 aliphatic heterocycles. The molecular weight excluding hydrogens is 344 g/mol. The summed E-state index contributed by atoms with van der Waals surface area (Å²) in [4.78, 5) is 23.6. The van der Waals surface area contributed by atoms with Gasteiger partial charge in [0.1, 0.15) is 0 Å². The number of carbonyl (C=O) groups is 1. The number of nitrogen functional groups attached to an aromatic ring is 1. The van der Waals surface area contributed by atoms with Crippen molar-refractivity contribution >= 4 is 11.9 Å².